The first-order valence-electron chi connectivity index (χ1n) is 7.00. The van der Waals surface area contributed by atoms with E-state index in [9.17, 15) is 4.79 Å². The number of nitrogens with one attached hydrogen (secondary N) is 1. The molecule has 2 saturated heterocycles. The predicted molar refractivity (Wildman–Crippen MR) is 74.7 cm³/mol. The van der Waals surface area contributed by atoms with Gasteiger partial charge in [0.15, 0.2) is 17.1 Å². The van der Waals surface area contributed by atoms with E-state index >= 15 is 0 Å². The molecule has 6 heteroatoms. The van der Waals surface area contributed by atoms with E-state index in [-0.39, 0.29) is 6.10 Å². The Labute approximate surface area is 123 Å². The van der Waals surface area contributed by atoms with Crippen LogP contribution in [-0.4, -0.2) is 39.1 Å². The van der Waals surface area contributed by atoms with Gasteiger partial charge in [0.1, 0.15) is 6.10 Å². The van der Waals surface area contributed by atoms with Crippen LogP contribution in [0.5, 0.6) is 11.5 Å². The zero-order valence-corrected chi connectivity index (χ0v) is 12.2. The highest BCUT2D eigenvalue weighted by Crippen LogP contribution is 2.36. The molecule has 1 amide bonds. The summed E-state index contributed by atoms with van der Waals surface area (Å²) in [6.45, 7) is 3.60. The molecule has 2 aliphatic heterocycles. The summed E-state index contributed by atoms with van der Waals surface area (Å²) in [5.41, 5.74) is 0.184. The summed E-state index contributed by atoms with van der Waals surface area (Å²) in [5.74, 6) is 1.31. The van der Waals surface area contributed by atoms with Gasteiger partial charge in [-0.3, -0.25) is 0 Å². The molecule has 0 radical (unpaired) electrons. The van der Waals surface area contributed by atoms with Gasteiger partial charge in [0.25, 0.3) is 0 Å². The van der Waals surface area contributed by atoms with Crippen molar-refractivity contribution in [2.75, 3.05) is 26.9 Å². The molecule has 3 rings (SSSR count). The lowest BCUT2D eigenvalue weighted by atomic mass is 9.96. The Morgan fingerprint density at radius 1 is 1.38 bits per heavy atom. The van der Waals surface area contributed by atoms with Crippen LogP contribution in [0.2, 0.25) is 0 Å². The molecular formula is C15H19NO5. The van der Waals surface area contributed by atoms with Gasteiger partial charge in [-0.2, -0.15) is 0 Å². The molecule has 2 heterocycles. The van der Waals surface area contributed by atoms with Crippen LogP contribution in [0.15, 0.2) is 18.2 Å². The van der Waals surface area contributed by atoms with Gasteiger partial charge >= 0.3 is 6.09 Å². The van der Waals surface area contributed by atoms with Crippen LogP contribution in [0.4, 0.5) is 4.79 Å². The average Bonchev–Trinajstić information content (AvgIpc) is 3.09. The van der Waals surface area contributed by atoms with Crippen molar-refractivity contribution in [1.29, 1.82) is 0 Å². The van der Waals surface area contributed by atoms with Crippen LogP contribution < -0.4 is 14.8 Å². The van der Waals surface area contributed by atoms with Gasteiger partial charge in [0, 0.05) is 12.0 Å². The first-order valence-corrected chi connectivity index (χ1v) is 7.00. The fraction of sp³-hybridized carbons (Fsp3) is 0.533. The lowest BCUT2D eigenvalue weighted by Gasteiger charge is -2.23. The van der Waals surface area contributed by atoms with Crippen molar-refractivity contribution < 1.29 is 23.7 Å². The van der Waals surface area contributed by atoms with Crippen molar-refractivity contribution in [3.05, 3.63) is 23.8 Å². The highest BCUT2D eigenvalue weighted by molar-refractivity contribution is 5.70. The first-order chi connectivity index (χ1) is 10.1. The molecule has 114 valence electrons. The third-order valence-electron chi connectivity index (χ3n) is 3.84. The van der Waals surface area contributed by atoms with Gasteiger partial charge in [0.05, 0.1) is 26.9 Å². The maximum Gasteiger partial charge on any atom is 0.408 e. The molecule has 0 spiro atoms. The minimum absolute atomic E-state index is 0.0335. The number of carbonyl (C=O) groups is 1. The molecule has 0 aromatic heterocycles. The highest BCUT2D eigenvalue weighted by Gasteiger charge is 2.38. The van der Waals surface area contributed by atoms with Gasteiger partial charge in [-0.15, -0.1) is 0 Å². The van der Waals surface area contributed by atoms with Crippen molar-refractivity contribution in [3.8, 4) is 11.5 Å². The maximum absolute atomic E-state index is 11.3. The number of cyclic esters (lactones) is 1. The Kier molecular flexibility index (Phi) is 3.63. The number of benzene rings is 1. The SMILES string of the molecule is COc1ccc(C2(C)CNC(=O)O2)cc1OC1CCOC1. The van der Waals surface area contributed by atoms with Crippen molar-refractivity contribution in [2.24, 2.45) is 0 Å². The molecule has 2 fully saturated rings. The molecule has 2 unspecified atom stereocenters. The lowest BCUT2D eigenvalue weighted by Crippen LogP contribution is -2.26. The normalized spacial score (nSPS) is 28.1. The Hall–Kier alpha value is -1.95. The Morgan fingerprint density at radius 2 is 2.24 bits per heavy atom. The van der Waals surface area contributed by atoms with E-state index in [0.29, 0.717) is 31.3 Å². The number of amides is 1. The Morgan fingerprint density at radius 3 is 2.86 bits per heavy atom. The van der Waals surface area contributed by atoms with E-state index in [0.717, 1.165) is 12.0 Å². The molecule has 1 aromatic carbocycles. The van der Waals surface area contributed by atoms with Gasteiger partial charge in [0.2, 0.25) is 0 Å². The third kappa shape index (κ3) is 2.76. The molecule has 0 saturated carbocycles. The molecule has 2 aliphatic rings. The number of hydrogen-bond donors (Lipinski definition) is 1. The van der Waals surface area contributed by atoms with E-state index in [1.54, 1.807) is 7.11 Å². The van der Waals surface area contributed by atoms with E-state index in [1.807, 2.05) is 25.1 Å². The second kappa shape index (κ2) is 5.44. The van der Waals surface area contributed by atoms with Crippen molar-refractivity contribution in [3.63, 3.8) is 0 Å². The van der Waals surface area contributed by atoms with Crippen LogP contribution in [-0.2, 0) is 15.1 Å². The fourth-order valence-corrected chi connectivity index (χ4v) is 2.56. The van der Waals surface area contributed by atoms with Gasteiger partial charge < -0.3 is 24.3 Å². The van der Waals surface area contributed by atoms with Crippen LogP contribution in [0.25, 0.3) is 0 Å². The quantitative estimate of drug-likeness (QED) is 0.917. The number of hydrogen-bond acceptors (Lipinski definition) is 5. The molecule has 0 bridgehead atoms. The molecule has 0 aliphatic carbocycles. The average molecular weight is 293 g/mol. The monoisotopic (exact) mass is 293 g/mol. The second-order valence-corrected chi connectivity index (χ2v) is 5.44. The number of rotatable bonds is 4. The lowest BCUT2D eigenvalue weighted by molar-refractivity contribution is 0.0698. The number of carbonyl (C=O) groups excluding carboxylic acids is 1. The molecule has 2 atom stereocenters. The van der Waals surface area contributed by atoms with Crippen LogP contribution in [0, 0.1) is 0 Å². The highest BCUT2D eigenvalue weighted by atomic mass is 16.6. The van der Waals surface area contributed by atoms with Crippen molar-refractivity contribution in [2.45, 2.75) is 25.0 Å². The van der Waals surface area contributed by atoms with Gasteiger partial charge in [-0.05, 0) is 19.1 Å². The van der Waals surface area contributed by atoms with Gasteiger partial charge in [-0.1, -0.05) is 6.07 Å². The van der Waals surface area contributed by atoms with Crippen molar-refractivity contribution in [1.82, 2.24) is 5.32 Å². The van der Waals surface area contributed by atoms with E-state index < -0.39 is 11.7 Å². The summed E-state index contributed by atoms with van der Waals surface area (Å²) in [4.78, 5) is 11.3. The smallest absolute Gasteiger partial charge is 0.408 e. The van der Waals surface area contributed by atoms with Crippen LogP contribution in [0.1, 0.15) is 18.9 Å². The van der Waals surface area contributed by atoms with E-state index in [1.165, 1.54) is 0 Å². The predicted octanol–water partition coefficient (Wildman–Crippen LogP) is 1.82. The molecule has 21 heavy (non-hydrogen) atoms. The summed E-state index contributed by atoms with van der Waals surface area (Å²) < 4.78 is 22.0. The van der Waals surface area contributed by atoms with E-state index in [4.69, 9.17) is 18.9 Å². The topological polar surface area (TPSA) is 66.0 Å². The second-order valence-electron chi connectivity index (χ2n) is 5.44. The Bertz CT molecular complexity index is 541. The zero-order valence-electron chi connectivity index (χ0n) is 12.2. The molecular weight excluding hydrogens is 274 g/mol. The largest absolute Gasteiger partial charge is 0.493 e. The summed E-state index contributed by atoms with van der Waals surface area (Å²) >= 11 is 0. The minimum Gasteiger partial charge on any atom is -0.493 e. The molecule has 1 N–H and O–H groups in total. The Balaban J connectivity index is 1.87. The first kappa shape index (κ1) is 14.0. The maximum atomic E-state index is 11.3. The summed E-state index contributed by atoms with van der Waals surface area (Å²) in [5, 5.41) is 2.68. The van der Waals surface area contributed by atoms with Crippen LogP contribution >= 0.6 is 0 Å². The number of methoxy groups -OCH3 is 1. The fourth-order valence-electron chi connectivity index (χ4n) is 2.56. The summed E-state index contributed by atoms with van der Waals surface area (Å²) in [6, 6.07) is 5.59. The standard InChI is InChI=1S/C15H19NO5/c1-15(9-16-14(17)21-15)10-3-4-12(18-2)13(7-10)20-11-5-6-19-8-11/h3-4,7,11H,5-6,8-9H2,1-2H3,(H,16,17). The minimum atomic E-state index is -0.687. The third-order valence-corrected chi connectivity index (χ3v) is 3.84. The molecule has 1 aromatic rings. The van der Waals surface area contributed by atoms with E-state index in [2.05, 4.69) is 5.32 Å². The number of ether oxygens (including phenoxy) is 4. The van der Waals surface area contributed by atoms with Crippen molar-refractivity contribution >= 4 is 6.09 Å². The molecule has 6 nitrogen and oxygen atoms in total. The van der Waals surface area contributed by atoms with Crippen LogP contribution in [0.3, 0.4) is 0 Å². The zero-order chi connectivity index (χ0) is 14.9. The summed E-state index contributed by atoms with van der Waals surface area (Å²) in [6.07, 6.45) is 0.493. The number of alkyl carbamates (subject to hydrolysis) is 1. The summed E-state index contributed by atoms with van der Waals surface area (Å²) in [7, 11) is 1.60. The van der Waals surface area contributed by atoms with Gasteiger partial charge in [-0.25, -0.2) is 4.79 Å².